The van der Waals surface area contributed by atoms with Gasteiger partial charge in [-0.1, -0.05) is 303 Å². The van der Waals surface area contributed by atoms with Crippen molar-refractivity contribution in [3.8, 4) is 55.9 Å². The summed E-state index contributed by atoms with van der Waals surface area (Å²) in [6.45, 7) is 44.0. The lowest BCUT2D eigenvalue weighted by Crippen LogP contribution is -2.61. The molecule has 0 N–H and O–H groups in total. The molecule has 0 amide bonds. The highest BCUT2D eigenvalue weighted by Gasteiger charge is 2.47. The molecule has 0 fully saturated rings. The first-order valence-electron chi connectivity index (χ1n) is 46.2. The van der Waals surface area contributed by atoms with Gasteiger partial charge in [0, 0.05) is 88.9 Å². The molecule has 0 aliphatic carbocycles. The molecule has 13 aromatic carbocycles. The molecule has 4 heterocycles. The number of rotatable bonds is 14. The molecule has 0 saturated carbocycles. The quantitative estimate of drug-likeness (QED) is 0.101. The lowest BCUT2D eigenvalue weighted by molar-refractivity contribution is 0.411. The van der Waals surface area contributed by atoms with Crippen LogP contribution in [-0.2, 0) is 43.7 Å². The van der Waals surface area contributed by atoms with E-state index in [4.69, 9.17) is 0 Å². The zero-order valence-corrected chi connectivity index (χ0v) is 72.7. The number of benzene rings is 13. The molecule has 17 rings (SSSR count). The Bertz CT molecular complexity index is 6080. The molecule has 590 valence electrons. The summed E-state index contributed by atoms with van der Waals surface area (Å²) in [4.78, 5) is 5.28. The van der Waals surface area contributed by atoms with E-state index in [1.807, 2.05) is 132 Å². The van der Waals surface area contributed by atoms with Gasteiger partial charge < -0.3 is 18.9 Å². The molecule has 2 aromatic heterocycles. The Morgan fingerprint density at radius 2 is 0.538 bits per heavy atom. The number of fused-ring (bicyclic) bond motifs is 10. The number of nitrogens with zero attached hydrogens (tertiary/aromatic N) is 4. The highest BCUT2D eigenvalue weighted by molar-refractivity contribution is 7.00. The second-order valence-corrected chi connectivity index (χ2v) is 40.9. The van der Waals surface area contributed by atoms with Gasteiger partial charge in [0.25, 0.3) is 6.71 Å². The molecule has 15 aromatic rings. The van der Waals surface area contributed by atoms with Gasteiger partial charge in [-0.05, 0) is 263 Å². The second-order valence-electron chi connectivity index (χ2n) is 40.9. The van der Waals surface area contributed by atoms with Crippen molar-refractivity contribution in [3.05, 3.63) is 306 Å². The topological polar surface area (TPSA) is 16.3 Å². The average molecular weight is 1540 g/mol. The largest absolute Gasteiger partial charge is 0.310 e. The van der Waals surface area contributed by atoms with E-state index < -0.39 is 59.3 Å². The van der Waals surface area contributed by atoms with Gasteiger partial charge in [0.1, 0.15) is 0 Å². The van der Waals surface area contributed by atoms with E-state index in [0.29, 0.717) is 22.3 Å². The Morgan fingerprint density at radius 3 is 0.786 bits per heavy atom. The molecule has 117 heavy (non-hydrogen) atoms. The SMILES string of the molecule is [2H]C([2H])(c1ccc2c(c1)c1cc(C([2H])([2H])C(C)(C)C)ccc1n2-c1ccc2c(c1)N(c1c(-c3ccccc3)cc(CC(C)(C)C)cc1-c1ccccc1)c1cc(C(C)(C)C)cc3c1B2c1ccc(-n2c4ccc(C([2H])([2H])C(C)(C)C)cc4c4cc(C([2H])([2H])C(C)(C)C)ccc42)cc1N3c1c(-c2ccccc2)cc(CC(C)(C)C)cc1-c1ccccc1)C(C)(C)C. The summed E-state index contributed by atoms with van der Waals surface area (Å²) in [7, 11) is 0. The van der Waals surface area contributed by atoms with Crippen LogP contribution in [0.4, 0.5) is 34.1 Å². The monoisotopic (exact) mass is 1540 g/mol. The van der Waals surface area contributed by atoms with E-state index in [-0.39, 0.29) is 10.8 Å². The third kappa shape index (κ3) is 15.7. The normalized spacial score (nSPS) is 15.0. The van der Waals surface area contributed by atoms with Crippen LogP contribution >= 0.6 is 0 Å². The minimum Gasteiger partial charge on any atom is -0.310 e. The first-order valence-corrected chi connectivity index (χ1v) is 42.2. The zero-order valence-electron chi connectivity index (χ0n) is 80.7. The first-order chi connectivity index (χ1) is 58.4. The van der Waals surface area contributed by atoms with Gasteiger partial charge in [0.2, 0.25) is 0 Å². The lowest BCUT2D eigenvalue weighted by Gasteiger charge is -2.46. The van der Waals surface area contributed by atoms with Crippen molar-refractivity contribution in [1.82, 2.24) is 9.13 Å². The Morgan fingerprint density at radius 1 is 0.265 bits per heavy atom. The Hall–Kier alpha value is -10.9. The maximum Gasteiger partial charge on any atom is 0.252 e. The molecule has 2 aliphatic rings. The summed E-state index contributed by atoms with van der Waals surface area (Å²) in [6.07, 6.45) is -5.34. The third-order valence-electron chi connectivity index (χ3n) is 22.6. The summed E-state index contributed by atoms with van der Waals surface area (Å²) in [5.41, 5.74) is 25.2. The number of hydrogen-bond acceptors (Lipinski definition) is 2. The highest BCUT2D eigenvalue weighted by atomic mass is 15.2. The van der Waals surface area contributed by atoms with Crippen molar-refractivity contribution in [2.75, 3.05) is 9.80 Å². The number of hydrogen-bond donors (Lipinski definition) is 0. The Kier molecular flexibility index (Phi) is 17.2. The van der Waals surface area contributed by atoms with Crippen LogP contribution < -0.4 is 26.2 Å². The van der Waals surface area contributed by atoms with Crippen molar-refractivity contribution in [2.45, 2.75) is 189 Å². The molecule has 2 aliphatic heterocycles. The lowest BCUT2D eigenvalue weighted by atomic mass is 9.33. The van der Waals surface area contributed by atoms with Gasteiger partial charge in [-0.15, -0.1) is 0 Å². The fourth-order valence-corrected chi connectivity index (χ4v) is 18.5. The van der Waals surface area contributed by atoms with Crippen molar-refractivity contribution >= 4 is 101 Å². The van der Waals surface area contributed by atoms with Crippen LogP contribution in [-0.4, -0.2) is 15.8 Å². The predicted octanol–water partition coefficient (Wildman–Crippen LogP) is 29.5. The summed E-state index contributed by atoms with van der Waals surface area (Å²) in [5.74, 6) is 0. The fraction of sp³-hybridized carbons (Fsp3) is 0.304. The highest BCUT2D eigenvalue weighted by Crippen LogP contribution is 2.56. The number of anilines is 6. The maximum absolute atomic E-state index is 9.80. The summed E-state index contributed by atoms with van der Waals surface area (Å²) in [5, 5.41) is 3.32. The smallest absolute Gasteiger partial charge is 0.252 e. The molecule has 0 bridgehead atoms. The first kappa shape index (κ1) is 69.3. The van der Waals surface area contributed by atoms with Gasteiger partial charge in [0.05, 0.1) is 33.4 Å². The Labute approximate surface area is 710 Å². The van der Waals surface area contributed by atoms with Crippen LogP contribution in [0.1, 0.15) is 195 Å². The van der Waals surface area contributed by atoms with Crippen molar-refractivity contribution in [1.29, 1.82) is 0 Å². The van der Waals surface area contributed by atoms with Gasteiger partial charge >= 0.3 is 0 Å². The Balaban J connectivity index is 1.06. The van der Waals surface area contributed by atoms with E-state index in [1.54, 1.807) is 0 Å². The third-order valence-corrected chi connectivity index (χ3v) is 22.6. The van der Waals surface area contributed by atoms with Crippen LogP contribution in [0.25, 0.3) is 99.5 Å². The second kappa shape index (κ2) is 29.0. The van der Waals surface area contributed by atoms with E-state index in [9.17, 15) is 11.0 Å². The number of aromatic nitrogens is 2. The summed E-state index contributed by atoms with van der Waals surface area (Å²) >= 11 is 0. The molecule has 0 radical (unpaired) electrons. The molecule has 0 atom stereocenters. The van der Waals surface area contributed by atoms with Crippen LogP contribution in [0.15, 0.2) is 267 Å². The molecule has 0 spiro atoms. The van der Waals surface area contributed by atoms with Gasteiger partial charge in [-0.2, -0.15) is 0 Å². The van der Waals surface area contributed by atoms with Crippen LogP contribution in [0.5, 0.6) is 0 Å². The molecule has 4 nitrogen and oxygen atoms in total. The molecule has 0 unspecified atom stereocenters. The molecular weight excluding hydrogens is 1410 g/mol. The van der Waals surface area contributed by atoms with E-state index in [2.05, 4.69) is 300 Å². The van der Waals surface area contributed by atoms with Crippen molar-refractivity contribution < 1.29 is 11.0 Å². The minimum atomic E-state index is -1.74. The molecular formula is C112H119BN4. The van der Waals surface area contributed by atoms with Crippen molar-refractivity contribution in [2.24, 2.45) is 32.5 Å². The molecule has 0 saturated heterocycles. The van der Waals surface area contributed by atoms with Crippen LogP contribution in [0, 0.1) is 32.5 Å². The van der Waals surface area contributed by atoms with E-state index in [0.717, 1.165) is 168 Å². The van der Waals surface area contributed by atoms with E-state index in [1.165, 1.54) is 11.1 Å². The minimum absolute atomic E-state index is 0.0843. The summed E-state index contributed by atoms with van der Waals surface area (Å²) in [6, 6.07) is 97.2. The van der Waals surface area contributed by atoms with Crippen LogP contribution in [0.3, 0.4) is 0 Å². The van der Waals surface area contributed by atoms with Gasteiger partial charge in [-0.25, -0.2) is 0 Å². The molecule has 5 heteroatoms. The van der Waals surface area contributed by atoms with Gasteiger partial charge in [0.15, 0.2) is 0 Å². The predicted molar refractivity (Wildman–Crippen MR) is 509 cm³/mol. The fourth-order valence-electron chi connectivity index (χ4n) is 18.5. The van der Waals surface area contributed by atoms with Gasteiger partial charge in [-0.3, -0.25) is 0 Å². The van der Waals surface area contributed by atoms with E-state index >= 15 is 0 Å². The maximum atomic E-state index is 9.80. The average Bonchev–Trinajstić information content (AvgIpc) is 0.948. The summed E-state index contributed by atoms with van der Waals surface area (Å²) < 4.78 is 83.1. The standard InChI is InChI=1S/C112H119BN4/c1-106(2,3)66-72-42-50-95-89(54-72)90-55-73(67-107(4,5)6)43-51-96(90)114(95)83-46-48-93-99(64-83)116(104-85(78-34-26-22-27-35-78)58-76(70-110(13,14)15)59-86(104)79-36-28-23-29-37-79)101-62-82(112(19,20)21)63-102-103(101)113(93)94-49-47-84(115-97-52-44-74(68-108(7,8)9)56-91(97)92-57-75(45-53-98(92)115)69-109(10,11)12)65-100(94)117(102)105-87(80-38-30-24-31-39-80)60-77(71-111(16,17)18)61-88(105)81-40-32-25-33-41-81/h22-65H,66-71H2,1-21H3/i66D2,67D2,68D2,69D2. The zero-order chi connectivity index (χ0) is 89.5. The van der Waals surface area contributed by atoms with Crippen LogP contribution in [0.2, 0.25) is 0 Å². The van der Waals surface area contributed by atoms with Crippen molar-refractivity contribution in [3.63, 3.8) is 0 Å².